The first-order valence-corrected chi connectivity index (χ1v) is 10.6. The van der Waals surface area contributed by atoms with Crippen molar-refractivity contribution in [2.75, 3.05) is 6.54 Å². The van der Waals surface area contributed by atoms with E-state index in [0.717, 1.165) is 11.1 Å². The summed E-state index contributed by atoms with van der Waals surface area (Å²) in [6.45, 7) is -0.0728. The molecule has 0 aliphatic rings. The molecule has 0 aliphatic heterocycles. The molecule has 0 saturated heterocycles. The summed E-state index contributed by atoms with van der Waals surface area (Å²) in [4.78, 5) is 53.3. The van der Waals surface area contributed by atoms with Crippen LogP contribution in [-0.2, 0) is 37.0 Å². The van der Waals surface area contributed by atoms with E-state index in [1.807, 2.05) is 30.3 Å². The Kier molecular flexibility index (Phi) is 10.7. The Bertz CT molecular complexity index is 919. The Morgan fingerprint density at radius 1 is 0.879 bits per heavy atom. The van der Waals surface area contributed by atoms with E-state index in [4.69, 9.17) is 9.94 Å². The molecule has 4 N–H and O–H groups in total. The molecule has 0 saturated carbocycles. The van der Waals surface area contributed by atoms with Gasteiger partial charge in [-0.1, -0.05) is 60.7 Å². The number of hydrogen-bond acceptors (Lipinski definition) is 6. The van der Waals surface area contributed by atoms with E-state index in [9.17, 15) is 24.3 Å². The number of carboxylic acids is 2. The van der Waals surface area contributed by atoms with Crippen LogP contribution in [0.3, 0.4) is 0 Å². The number of nitrogens with one attached hydrogen (secondary N) is 2. The lowest BCUT2D eigenvalue weighted by molar-refractivity contribution is -0.144. The standard InChI is InChI=1S/C24H28N2O7/c27-21(15-25-33-16-18-10-5-2-6-11-18)19(12-7-13-22(28)29)23(30)26-20(24(31)32)14-17-8-3-1-4-9-17/h1-6,8-11,19-20,25H,7,12-16H2,(H,26,30)(H,28,29)(H,31,32)/t19-,20?/m1/s1. The minimum Gasteiger partial charge on any atom is -0.481 e. The summed E-state index contributed by atoms with van der Waals surface area (Å²) in [7, 11) is 0. The van der Waals surface area contributed by atoms with Crippen molar-refractivity contribution in [2.45, 2.75) is 38.3 Å². The molecule has 0 aliphatic carbocycles. The van der Waals surface area contributed by atoms with E-state index in [0.29, 0.717) is 0 Å². The Labute approximate surface area is 191 Å². The Morgan fingerprint density at radius 3 is 2.06 bits per heavy atom. The minimum absolute atomic E-state index is 0.0188. The second-order valence-electron chi connectivity index (χ2n) is 7.49. The van der Waals surface area contributed by atoms with Crippen LogP contribution >= 0.6 is 0 Å². The summed E-state index contributed by atoms with van der Waals surface area (Å²) in [6.07, 6.45) is -0.0762. The molecule has 9 nitrogen and oxygen atoms in total. The number of aliphatic carboxylic acids is 2. The van der Waals surface area contributed by atoms with Crippen LogP contribution in [0.25, 0.3) is 0 Å². The number of Topliss-reactive ketones (excluding diaryl/α,β-unsaturated/α-hetero) is 1. The highest BCUT2D eigenvalue weighted by atomic mass is 16.6. The van der Waals surface area contributed by atoms with Crippen molar-refractivity contribution in [3.63, 3.8) is 0 Å². The number of carboxylic acid groups (broad SMARTS) is 2. The van der Waals surface area contributed by atoms with Crippen LogP contribution in [0, 0.1) is 5.92 Å². The van der Waals surface area contributed by atoms with Crippen LogP contribution < -0.4 is 10.8 Å². The molecule has 0 aromatic heterocycles. The fraction of sp³-hybridized carbons (Fsp3) is 0.333. The van der Waals surface area contributed by atoms with Crippen LogP contribution in [0.4, 0.5) is 0 Å². The molecule has 2 aromatic rings. The number of benzene rings is 2. The van der Waals surface area contributed by atoms with E-state index >= 15 is 0 Å². The van der Waals surface area contributed by atoms with Crippen molar-refractivity contribution in [3.8, 4) is 0 Å². The van der Waals surface area contributed by atoms with Crippen molar-refractivity contribution in [1.29, 1.82) is 0 Å². The van der Waals surface area contributed by atoms with E-state index in [-0.39, 0.29) is 38.8 Å². The van der Waals surface area contributed by atoms with Gasteiger partial charge in [0, 0.05) is 12.8 Å². The van der Waals surface area contributed by atoms with Crippen molar-refractivity contribution in [2.24, 2.45) is 5.92 Å². The highest BCUT2D eigenvalue weighted by Gasteiger charge is 2.30. The predicted octanol–water partition coefficient (Wildman–Crippen LogP) is 1.96. The Hall–Kier alpha value is -3.56. The van der Waals surface area contributed by atoms with E-state index in [1.54, 1.807) is 30.3 Å². The third-order valence-corrected chi connectivity index (χ3v) is 4.92. The largest absolute Gasteiger partial charge is 0.481 e. The monoisotopic (exact) mass is 456 g/mol. The summed E-state index contributed by atoms with van der Waals surface area (Å²) in [5.41, 5.74) is 4.13. The number of carbonyl (C=O) groups excluding carboxylic acids is 2. The first-order valence-electron chi connectivity index (χ1n) is 10.6. The van der Waals surface area contributed by atoms with Gasteiger partial charge in [0.05, 0.1) is 19.1 Å². The molecular weight excluding hydrogens is 428 g/mol. The van der Waals surface area contributed by atoms with Crippen LogP contribution in [-0.4, -0.2) is 46.4 Å². The number of rotatable bonds is 15. The molecule has 2 atom stereocenters. The van der Waals surface area contributed by atoms with Gasteiger partial charge in [0.25, 0.3) is 0 Å². The number of hydroxylamine groups is 1. The molecule has 0 radical (unpaired) electrons. The highest BCUT2D eigenvalue weighted by Crippen LogP contribution is 2.12. The van der Waals surface area contributed by atoms with Gasteiger partial charge in [-0.15, -0.1) is 0 Å². The maximum atomic E-state index is 12.8. The summed E-state index contributed by atoms with van der Waals surface area (Å²) in [6, 6.07) is 16.8. The van der Waals surface area contributed by atoms with E-state index < -0.39 is 35.6 Å². The average molecular weight is 456 g/mol. The Morgan fingerprint density at radius 2 is 1.48 bits per heavy atom. The van der Waals surface area contributed by atoms with E-state index in [2.05, 4.69) is 10.8 Å². The fourth-order valence-corrected chi connectivity index (χ4v) is 3.17. The van der Waals surface area contributed by atoms with Gasteiger partial charge in [-0.05, 0) is 24.0 Å². The zero-order valence-corrected chi connectivity index (χ0v) is 18.1. The molecule has 1 unspecified atom stereocenters. The van der Waals surface area contributed by atoms with Crippen LogP contribution in [0.2, 0.25) is 0 Å². The zero-order valence-electron chi connectivity index (χ0n) is 18.1. The zero-order chi connectivity index (χ0) is 24.1. The van der Waals surface area contributed by atoms with Gasteiger partial charge in [-0.3, -0.25) is 19.2 Å². The average Bonchev–Trinajstić information content (AvgIpc) is 2.80. The summed E-state index contributed by atoms with van der Waals surface area (Å²) in [5.74, 6) is -4.74. The van der Waals surface area contributed by atoms with Crippen LogP contribution in [0.1, 0.15) is 30.4 Å². The van der Waals surface area contributed by atoms with Crippen molar-refractivity contribution >= 4 is 23.6 Å². The quantitative estimate of drug-likeness (QED) is 0.181. The summed E-state index contributed by atoms with van der Waals surface area (Å²) in [5, 5.41) is 20.8. The van der Waals surface area contributed by atoms with Gasteiger partial charge in [0.1, 0.15) is 6.04 Å². The van der Waals surface area contributed by atoms with Gasteiger partial charge in [-0.2, -0.15) is 5.48 Å². The van der Waals surface area contributed by atoms with Gasteiger partial charge in [0.15, 0.2) is 5.78 Å². The maximum Gasteiger partial charge on any atom is 0.326 e. The van der Waals surface area contributed by atoms with Gasteiger partial charge < -0.3 is 15.5 Å². The van der Waals surface area contributed by atoms with Crippen molar-refractivity contribution in [1.82, 2.24) is 10.8 Å². The van der Waals surface area contributed by atoms with Crippen LogP contribution in [0.15, 0.2) is 60.7 Å². The second-order valence-corrected chi connectivity index (χ2v) is 7.49. The molecule has 176 valence electrons. The normalized spacial score (nSPS) is 12.5. The molecule has 0 bridgehead atoms. The minimum atomic E-state index is -1.23. The third kappa shape index (κ3) is 9.63. The lowest BCUT2D eigenvalue weighted by Crippen LogP contribution is -2.47. The third-order valence-electron chi connectivity index (χ3n) is 4.92. The van der Waals surface area contributed by atoms with Crippen molar-refractivity contribution < 1.29 is 34.2 Å². The molecule has 1 amide bonds. The predicted molar refractivity (Wildman–Crippen MR) is 119 cm³/mol. The van der Waals surface area contributed by atoms with Gasteiger partial charge in [-0.25, -0.2) is 4.79 Å². The Balaban J connectivity index is 1.97. The number of carbonyl (C=O) groups is 4. The lowest BCUT2D eigenvalue weighted by atomic mass is 9.95. The maximum absolute atomic E-state index is 12.8. The van der Waals surface area contributed by atoms with Gasteiger partial charge in [0.2, 0.25) is 5.91 Å². The molecule has 9 heteroatoms. The first kappa shape index (κ1) is 25.7. The summed E-state index contributed by atoms with van der Waals surface area (Å²) < 4.78 is 0. The SMILES string of the molecule is O=C(O)CCC[C@H](C(=O)CNOCc1ccccc1)C(=O)NC(Cc1ccccc1)C(=O)O. The van der Waals surface area contributed by atoms with E-state index in [1.165, 1.54) is 0 Å². The first-order chi connectivity index (χ1) is 15.9. The molecule has 0 fully saturated rings. The molecule has 33 heavy (non-hydrogen) atoms. The molecule has 0 spiro atoms. The van der Waals surface area contributed by atoms with Gasteiger partial charge >= 0.3 is 11.9 Å². The number of hydrogen-bond donors (Lipinski definition) is 4. The number of ketones is 1. The summed E-state index contributed by atoms with van der Waals surface area (Å²) >= 11 is 0. The number of amides is 1. The molecule has 0 heterocycles. The molecule has 2 rings (SSSR count). The smallest absolute Gasteiger partial charge is 0.326 e. The topological polar surface area (TPSA) is 142 Å². The molecular formula is C24H28N2O7. The van der Waals surface area contributed by atoms with Crippen molar-refractivity contribution in [3.05, 3.63) is 71.8 Å². The highest BCUT2D eigenvalue weighted by molar-refractivity contribution is 6.03. The molecule has 2 aromatic carbocycles. The lowest BCUT2D eigenvalue weighted by Gasteiger charge is -2.20. The van der Waals surface area contributed by atoms with Crippen LogP contribution in [0.5, 0.6) is 0 Å². The fourth-order valence-electron chi connectivity index (χ4n) is 3.17. The second kappa shape index (κ2) is 13.8.